The van der Waals surface area contributed by atoms with Gasteiger partial charge in [0.05, 0.1) is 25.6 Å². The molecule has 0 saturated carbocycles. The first kappa shape index (κ1) is 14.0. The van der Waals surface area contributed by atoms with Crippen molar-refractivity contribution < 1.29 is 14.2 Å². The van der Waals surface area contributed by atoms with Crippen molar-refractivity contribution in [1.82, 2.24) is 0 Å². The zero-order chi connectivity index (χ0) is 14.8. The monoisotopic (exact) mass is 287 g/mol. The maximum Gasteiger partial charge on any atom is 0.194 e. The molecule has 21 heavy (non-hydrogen) atoms. The van der Waals surface area contributed by atoms with E-state index in [-0.39, 0.29) is 5.92 Å². The lowest BCUT2D eigenvalue weighted by molar-refractivity contribution is -0.450. The van der Waals surface area contributed by atoms with Crippen molar-refractivity contribution in [1.29, 1.82) is 0 Å². The van der Waals surface area contributed by atoms with Crippen molar-refractivity contribution >= 4 is 5.71 Å². The minimum atomic E-state index is 0.267. The Morgan fingerprint density at radius 1 is 1.24 bits per heavy atom. The van der Waals surface area contributed by atoms with Crippen LogP contribution in [0.25, 0.3) is 0 Å². The molecule has 2 aliphatic rings. The number of fused-ring (bicyclic) bond motifs is 1. The lowest BCUT2D eigenvalue weighted by Crippen LogP contribution is -2.21. The zero-order valence-corrected chi connectivity index (χ0v) is 12.5. The van der Waals surface area contributed by atoms with Crippen LogP contribution < -0.4 is 4.74 Å². The van der Waals surface area contributed by atoms with E-state index in [1.54, 1.807) is 7.11 Å². The van der Waals surface area contributed by atoms with Gasteiger partial charge in [-0.25, -0.2) is 4.74 Å². The number of benzene rings is 1. The highest BCUT2D eigenvalue weighted by Crippen LogP contribution is 2.38. The van der Waals surface area contributed by atoms with Crippen LogP contribution in [0.5, 0.6) is 5.75 Å². The van der Waals surface area contributed by atoms with E-state index >= 15 is 0 Å². The van der Waals surface area contributed by atoms with Gasteiger partial charge in [-0.1, -0.05) is 12.1 Å². The summed E-state index contributed by atoms with van der Waals surface area (Å²) < 4.78 is 11.9. The predicted molar refractivity (Wildman–Crippen MR) is 81.7 cm³/mol. The Labute approximate surface area is 125 Å². The molecule has 0 radical (unpaired) electrons. The van der Waals surface area contributed by atoms with E-state index in [0.717, 1.165) is 34.8 Å². The van der Waals surface area contributed by atoms with Crippen LogP contribution in [0, 0.1) is 11.1 Å². The molecule has 112 valence electrons. The number of hydroxylamine groups is 1. The largest absolute Gasteiger partial charge is 0.624 e. The fourth-order valence-electron chi connectivity index (χ4n) is 3.35. The first-order valence-electron chi connectivity index (χ1n) is 7.51. The van der Waals surface area contributed by atoms with E-state index in [4.69, 9.17) is 9.47 Å². The molecule has 0 amide bonds. The molecule has 2 atom stereocenters. The van der Waals surface area contributed by atoms with Crippen LogP contribution in [0.4, 0.5) is 0 Å². The Bertz CT molecular complexity index is 574. The van der Waals surface area contributed by atoms with Crippen LogP contribution in [0.2, 0.25) is 0 Å². The van der Waals surface area contributed by atoms with Gasteiger partial charge in [0.2, 0.25) is 0 Å². The summed E-state index contributed by atoms with van der Waals surface area (Å²) in [7, 11) is 1.66. The molecule has 0 aromatic heterocycles. The number of rotatable bonds is 4. The third kappa shape index (κ3) is 2.62. The molecule has 4 nitrogen and oxygen atoms in total. The molecule has 2 unspecified atom stereocenters. The lowest BCUT2D eigenvalue weighted by Gasteiger charge is -2.21. The van der Waals surface area contributed by atoms with Crippen molar-refractivity contribution in [3.8, 4) is 5.75 Å². The van der Waals surface area contributed by atoms with Crippen LogP contribution in [0.1, 0.15) is 31.2 Å². The van der Waals surface area contributed by atoms with Crippen molar-refractivity contribution in [3.05, 3.63) is 46.9 Å². The highest BCUT2D eigenvalue weighted by Gasteiger charge is 2.41. The highest BCUT2D eigenvalue weighted by molar-refractivity contribution is 5.95. The van der Waals surface area contributed by atoms with E-state index in [1.165, 1.54) is 5.56 Å². The number of nitrogens with zero attached hydrogens (tertiary/aromatic N) is 1. The van der Waals surface area contributed by atoms with Gasteiger partial charge in [0.25, 0.3) is 0 Å². The van der Waals surface area contributed by atoms with Crippen molar-refractivity contribution in [2.75, 3.05) is 20.3 Å². The first-order valence-corrected chi connectivity index (χ1v) is 7.51. The summed E-state index contributed by atoms with van der Waals surface area (Å²) in [6.07, 6.45) is 3.85. The Morgan fingerprint density at radius 3 is 2.67 bits per heavy atom. The summed E-state index contributed by atoms with van der Waals surface area (Å²) in [5, 5.41) is 12.2. The van der Waals surface area contributed by atoms with Gasteiger partial charge in [-0.05, 0) is 31.0 Å². The molecule has 3 rings (SSSR count). The van der Waals surface area contributed by atoms with Crippen molar-refractivity contribution in [2.24, 2.45) is 5.92 Å². The van der Waals surface area contributed by atoms with Crippen molar-refractivity contribution in [3.63, 3.8) is 0 Å². The topological polar surface area (TPSA) is 44.5 Å². The van der Waals surface area contributed by atoms with Gasteiger partial charge in [-0.3, -0.25) is 0 Å². The van der Waals surface area contributed by atoms with E-state index in [9.17, 15) is 5.21 Å². The van der Waals surface area contributed by atoms with E-state index in [2.05, 4.69) is 12.1 Å². The van der Waals surface area contributed by atoms with E-state index in [1.807, 2.05) is 25.1 Å². The molecule has 1 aliphatic carbocycles. The van der Waals surface area contributed by atoms with Crippen LogP contribution >= 0.6 is 0 Å². The molecule has 0 fully saturated rings. The summed E-state index contributed by atoms with van der Waals surface area (Å²) in [4.78, 5) is 0. The zero-order valence-electron chi connectivity index (χ0n) is 12.5. The standard InChI is InChI=1S/C17H21NO3/c1-3-21-14-8-9-15-16(11-18(19)17(15)10-14)12-4-6-13(20-2)7-5-12/h4-7,10,15-16H,3,8-9,11H2,1-2H3. The van der Waals surface area contributed by atoms with Gasteiger partial charge in [-0.2, -0.15) is 0 Å². The Morgan fingerprint density at radius 2 is 2.00 bits per heavy atom. The smallest absolute Gasteiger partial charge is 0.194 e. The van der Waals surface area contributed by atoms with Crippen LogP contribution in [0.3, 0.4) is 0 Å². The van der Waals surface area contributed by atoms with E-state index in [0.29, 0.717) is 19.1 Å². The molecule has 1 aromatic carbocycles. The lowest BCUT2D eigenvalue weighted by atomic mass is 9.80. The fourth-order valence-corrected chi connectivity index (χ4v) is 3.35. The second-order valence-electron chi connectivity index (χ2n) is 5.55. The maximum atomic E-state index is 12.2. The molecule has 1 heterocycles. The predicted octanol–water partition coefficient (Wildman–Crippen LogP) is 3.07. The first-order chi connectivity index (χ1) is 10.2. The van der Waals surface area contributed by atoms with Crippen LogP contribution in [-0.4, -0.2) is 30.7 Å². The molecule has 4 heteroatoms. The molecule has 0 bridgehead atoms. The van der Waals surface area contributed by atoms with E-state index < -0.39 is 0 Å². The van der Waals surface area contributed by atoms with Gasteiger partial charge >= 0.3 is 0 Å². The molecule has 1 aromatic rings. The molecular formula is C17H21NO3. The van der Waals surface area contributed by atoms with Gasteiger partial charge in [0, 0.05) is 12.5 Å². The third-order valence-corrected chi connectivity index (χ3v) is 4.40. The Kier molecular flexibility index (Phi) is 3.86. The summed E-state index contributed by atoms with van der Waals surface area (Å²) in [5.74, 6) is 2.37. The molecule has 1 aliphatic heterocycles. The van der Waals surface area contributed by atoms with Crippen LogP contribution in [-0.2, 0) is 4.74 Å². The van der Waals surface area contributed by atoms with Gasteiger partial charge in [0.1, 0.15) is 11.5 Å². The average Bonchev–Trinajstić information content (AvgIpc) is 2.85. The summed E-state index contributed by atoms with van der Waals surface area (Å²) in [6, 6.07) is 8.07. The molecule has 0 spiro atoms. The van der Waals surface area contributed by atoms with Gasteiger partial charge in [0.15, 0.2) is 12.3 Å². The minimum absolute atomic E-state index is 0.267. The second kappa shape index (κ2) is 5.80. The normalized spacial score (nSPS) is 24.6. The number of methoxy groups -OCH3 is 1. The molecule has 0 saturated heterocycles. The molecular weight excluding hydrogens is 266 g/mol. The Hall–Kier alpha value is -1.97. The average molecular weight is 287 g/mol. The SMILES string of the molecule is CCOC1=CC2=[N+]([O-])CC(c3ccc(OC)cc3)C2CC1. The summed E-state index contributed by atoms with van der Waals surface area (Å²) in [6.45, 7) is 3.16. The third-order valence-electron chi connectivity index (χ3n) is 4.40. The Balaban J connectivity index is 1.83. The molecule has 0 N–H and O–H groups in total. The second-order valence-corrected chi connectivity index (χ2v) is 5.55. The number of hydrogen-bond acceptors (Lipinski definition) is 3. The fraction of sp³-hybridized carbons (Fsp3) is 0.471. The number of allylic oxidation sites excluding steroid dienone is 2. The van der Waals surface area contributed by atoms with Gasteiger partial charge < -0.3 is 14.7 Å². The summed E-state index contributed by atoms with van der Waals surface area (Å²) in [5.41, 5.74) is 2.09. The highest BCUT2D eigenvalue weighted by atomic mass is 16.5. The van der Waals surface area contributed by atoms with Crippen molar-refractivity contribution in [2.45, 2.75) is 25.7 Å². The maximum absolute atomic E-state index is 12.2. The quantitative estimate of drug-likeness (QED) is 0.631. The number of hydrogen-bond donors (Lipinski definition) is 0. The van der Waals surface area contributed by atoms with Gasteiger partial charge in [-0.15, -0.1) is 0 Å². The number of ether oxygens (including phenoxy) is 2. The van der Waals surface area contributed by atoms with Crippen LogP contribution in [0.15, 0.2) is 36.1 Å². The minimum Gasteiger partial charge on any atom is -0.624 e. The summed E-state index contributed by atoms with van der Waals surface area (Å²) >= 11 is 0.